The molecule has 0 aliphatic rings. The zero-order chi connectivity index (χ0) is 41.7. The molecule has 1 aromatic carbocycles. The summed E-state index contributed by atoms with van der Waals surface area (Å²) in [6.07, 6.45) is -2.89. The van der Waals surface area contributed by atoms with Gasteiger partial charge in [0.1, 0.15) is 30.7 Å². The number of urea groups is 2. The first-order valence-electron chi connectivity index (χ1n) is 16.2. The molecule has 0 saturated carbocycles. The van der Waals surface area contributed by atoms with E-state index in [9.17, 15) is 63.0 Å². The average Bonchev–Trinajstić information content (AvgIpc) is 3.07. The van der Waals surface area contributed by atoms with Crippen molar-refractivity contribution in [3.8, 4) is 0 Å². The van der Waals surface area contributed by atoms with Gasteiger partial charge in [0, 0.05) is 18.7 Å². The number of rotatable bonds is 25. The lowest BCUT2D eigenvalue weighted by molar-refractivity contribution is -0.143. The van der Waals surface area contributed by atoms with Crippen LogP contribution in [0.1, 0.15) is 50.5 Å². The largest absolute Gasteiger partial charge is 0.481 e. The number of aliphatic carboxylic acids is 6. The molecule has 1 aromatic rings. The van der Waals surface area contributed by atoms with Crippen molar-refractivity contribution in [2.24, 2.45) is 0 Å². The van der Waals surface area contributed by atoms with Gasteiger partial charge in [-0.05, 0) is 43.4 Å². The van der Waals surface area contributed by atoms with Gasteiger partial charge in [-0.15, -0.1) is 0 Å². The van der Waals surface area contributed by atoms with Crippen LogP contribution in [-0.2, 0) is 49.6 Å². The third-order valence-electron chi connectivity index (χ3n) is 7.09. The van der Waals surface area contributed by atoms with Crippen LogP contribution < -0.4 is 37.2 Å². The monoisotopic (exact) mass is 783 g/mol. The highest BCUT2D eigenvalue weighted by atomic mass is 16.4. The molecule has 0 aromatic heterocycles. The molecule has 302 valence electrons. The number of unbranched alkanes of at least 4 members (excludes halogenated alkanes) is 1. The van der Waals surface area contributed by atoms with Gasteiger partial charge < -0.3 is 67.9 Å². The Labute approximate surface area is 310 Å². The molecule has 0 unspecified atom stereocenters. The number of anilines is 1. The molecule has 0 saturated heterocycles. The van der Waals surface area contributed by atoms with Crippen LogP contribution in [0.15, 0.2) is 24.3 Å². The van der Waals surface area contributed by atoms with E-state index in [0.717, 1.165) is 0 Å². The second kappa shape index (κ2) is 23.5. The standard InChI is InChI=1S/C31H41N7O17/c39-21(35-20(13-24(44)45)27(49)36-19(12-23(42)43)26(48)33-14-25(46)47)11-15-4-6-16(7-5-15)34-30(54)32-10-2-1-3-17(28(50)51)37-31(55)38-18(29(52)53)8-9-22(40)41/h4-7,17-20H,1-3,8-14H2,(H,33,48)(H,35,39)(H,36,49)(H,40,41)(H,42,43)(H,44,45)(H,46,47)(H,50,51)(H,52,53)(H2,32,34,54)(H2,37,38,55)/t17-,18-,19-,20-/m0/s1. The molecular weight excluding hydrogens is 742 g/mol. The maximum absolute atomic E-state index is 12.7. The lowest BCUT2D eigenvalue weighted by Gasteiger charge is -2.21. The quantitative estimate of drug-likeness (QED) is 0.0464. The summed E-state index contributed by atoms with van der Waals surface area (Å²) in [6, 6.07) is -2.59. The van der Waals surface area contributed by atoms with Crippen LogP contribution in [0.25, 0.3) is 0 Å². The summed E-state index contributed by atoms with van der Waals surface area (Å²) in [4.78, 5) is 129. The van der Waals surface area contributed by atoms with E-state index in [-0.39, 0.29) is 37.9 Å². The molecule has 0 bridgehead atoms. The summed E-state index contributed by atoms with van der Waals surface area (Å²) < 4.78 is 0. The first-order chi connectivity index (χ1) is 25.8. The molecule has 0 aliphatic heterocycles. The van der Waals surface area contributed by atoms with Crippen LogP contribution in [-0.4, -0.2) is 133 Å². The minimum absolute atomic E-state index is 0.0774. The third-order valence-corrected chi connectivity index (χ3v) is 7.09. The Balaban J connectivity index is 2.63. The molecule has 0 aliphatic carbocycles. The number of carboxylic acid groups (broad SMARTS) is 6. The Bertz CT molecular complexity index is 1600. The van der Waals surface area contributed by atoms with Gasteiger partial charge in [-0.25, -0.2) is 19.2 Å². The first kappa shape index (κ1) is 46.0. The summed E-state index contributed by atoms with van der Waals surface area (Å²) in [5, 5.41) is 69.5. The number of carboxylic acids is 6. The van der Waals surface area contributed by atoms with E-state index in [2.05, 4.69) is 21.3 Å². The number of benzene rings is 1. The highest BCUT2D eigenvalue weighted by Gasteiger charge is 2.30. The molecule has 0 fully saturated rings. The molecule has 4 atom stereocenters. The lowest BCUT2D eigenvalue weighted by Crippen LogP contribution is -2.55. The van der Waals surface area contributed by atoms with Crippen LogP contribution in [0, 0.1) is 0 Å². The van der Waals surface area contributed by atoms with E-state index in [0.29, 0.717) is 5.56 Å². The maximum Gasteiger partial charge on any atom is 0.326 e. The SMILES string of the molecule is O=C(O)CC[C@H](NC(=O)N[C@@H](CCCCNC(=O)Nc1ccc(CC(=O)N[C@@H](CC(=O)O)C(=O)N[C@@H](CC(=O)O)C(=O)NCC(=O)O)cc1)C(=O)O)C(=O)O. The van der Waals surface area contributed by atoms with E-state index in [1.165, 1.54) is 24.3 Å². The van der Waals surface area contributed by atoms with Crippen molar-refractivity contribution in [1.82, 2.24) is 31.9 Å². The summed E-state index contributed by atoms with van der Waals surface area (Å²) in [5.41, 5.74) is 0.628. The molecule has 0 spiro atoms. The molecule has 13 N–H and O–H groups in total. The first-order valence-corrected chi connectivity index (χ1v) is 16.2. The molecule has 24 heteroatoms. The Morgan fingerprint density at radius 3 is 1.58 bits per heavy atom. The van der Waals surface area contributed by atoms with Crippen molar-refractivity contribution < 1.29 is 83.4 Å². The van der Waals surface area contributed by atoms with Crippen LogP contribution >= 0.6 is 0 Å². The van der Waals surface area contributed by atoms with Gasteiger partial charge in [-0.2, -0.15) is 0 Å². The third kappa shape index (κ3) is 20.0. The number of amides is 7. The fourth-order valence-electron chi connectivity index (χ4n) is 4.45. The topological polar surface area (TPSA) is 393 Å². The van der Waals surface area contributed by atoms with Gasteiger partial charge >= 0.3 is 47.9 Å². The minimum atomic E-state index is -1.79. The van der Waals surface area contributed by atoms with Crippen molar-refractivity contribution in [3.05, 3.63) is 29.8 Å². The number of carbonyl (C=O) groups is 11. The second-order valence-electron chi connectivity index (χ2n) is 11.6. The van der Waals surface area contributed by atoms with Gasteiger partial charge in [0.15, 0.2) is 0 Å². The van der Waals surface area contributed by atoms with E-state index in [4.69, 9.17) is 20.4 Å². The van der Waals surface area contributed by atoms with E-state index >= 15 is 0 Å². The Morgan fingerprint density at radius 2 is 1.07 bits per heavy atom. The second-order valence-corrected chi connectivity index (χ2v) is 11.6. The average molecular weight is 784 g/mol. The van der Waals surface area contributed by atoms with Crippen LogP contribution in [0.2, 0.25) is 0 Å². The predicted octanol–water partition coefficient (Wildman–Crippen LogP) is -2.29. The maximum atomic E-state index is 12.7. The molecule has 0 heterocycles. The fraction of sp³-hybridized carbons (Fsp3) is 0.452. The fourth-order valence-corrected chi connectivity index (χ4v) is 4.45. The molecule has 1 rings (SSSR count). The molecule has 55 heavy (non-hydrogen) atoms. The van der Waals surface area contributed by atoms with Gasteiger partial charge in [0.25, 0.3) is 0 Å². The smallest absolute Gasteiger partial charge is 0.326 e. The molecule has 7 amide bonds. The Hall–Kier alpha value is -7.01. The molecular formula is C31H41N7O17. The van der Waals surface area contributed by atoms with Crippen molar-refractivity contribution >= 4 is 71.3 Å². The minimum Gasteiger partial charge on any atom is -0.481 e. The highest BCUT2D eigenvalue weighted by Crippen LogP contribution is 2.11. The van der Waals surface area contributed by atoms with Crippen molar-refractivity contribution in [1.29, 1.82) is 0 Å². The zero-order valence-corrected chi connectivity index (χ0v) is 28.9. The number of carbonyl (C=O) groups excluding carboxylic acids is 5. The van der Waals surface area contributed by atoms with Crippen molar-refractivity contribution in [2.45, 2.75) is 75.5 Å². The van der Waals surface area contributed by atoms with E-state index in [1.54, 1.807) is 0 Å². The van der Waals surface area contributed by atoms with Crippen LogP contribution in [0.4, 0.5) is 15.3 Å². The summed E-state index contributed by atoms with van der Waals surface area (Å²) in [5.74, 6) is -11.9. The van der Waals surface area contributed by atoms with E-state index in [1.807, 2.05) is 16.0 Å². The zero-order valence-electron chi connectivity index (χ0n) is 28.9. The van der Waals surface area contributed by atoms with Crippen LogP contribution in [0.3, 0.4) is 0 Å². The number of hydrogen-bond acceptors (Lipinski definition) is 11. The van der Waals surface area contributed by atoms with Crippen molar-refractivity contribution in [2.75, 3.05) is 18.4 Å². The Morgan fingerprint density at radius 1 is 0.527 bits per heavy atom. The predicted molar refractivity (Wildman–Crippen MR) is 181 cm³/mol. The van der Waals surface area contributed by atoms with Crippen LogP contribution in [0.5, 0.6) is 0 Å². The molecule has 0 radical (unpaired) electrons. The highest BCUT2D eigenvalue weighted by molar-refractivity contribution is 5.96. The van der Waals surface area contributed by atoms with Gasteiger partial charge in [0.2, 0.25) is 17.7 Å². The van der Waals surface area contributed by atoms with Crippen molar-refractivity contribution in [3.63, 3.8) is 0 Å². The van der Waals surface area contributed by atoms with Gasteiger partial charge in [-0.1, -0.05) is 12.1 Å². The normalized spacial score (nSPS) is 12.6. The van der Waals surface area contributed by atoms with Gasteiger partial charge in [-0.3, -0.25) is 33.6 Å². The lowest BCUT2D eigenvalue weighted by atomic mass is 10.1. The van der Waals surface area contributed by atoms with E-state index < -0.39 is 122 Å². The number of nitrogens with one attached hydrogen (secondary N) is 7. The van der Waals surface area contributed by atoms with Gasteiger partial charge in [0.05, 0.1) is 19.3 Å². The summed E-state index contributed by atoms with van der Waals surface area (Å²) in [7, 11) is 0. The summed E-state index contributed by atoms with van der Waals surface area (Å²) >= 11 is 0. The Kier molecular flexibility index (Phi) is 19.7. The summed E-state index contributed by atoms with van der Waals surface area (Å²) in [6.45, 7) is -0.811. The number of hydrogen-bond donors (Lipinski definition) is 13. The molecule has 24 nitrogen and oxygen atoms in total.